The summed E-state index contributed by atoms with van der Waals surface area (Å²) < 4.78 is 11.9. The standard InChI is InChI=1S/C30H27ClN4O3S.ClH/c1-18(2)22-12-11-19(3)15-26(22)38-14-13-37-21-8-6-7-20(16-21)17-24-27(32)35-30(33-28(24)36)39-29(34-35)23-9-4-5-10-25(23)31;/h4-12,15-18,32H,13-14H2,1-3H3;1H/b24-17-,32-27?;. The smallest absolute Gasteiger partial charge is 0.283 e. The van der Waals surface area contributed by atoms with Crippen molar-refractivity contribution in [2.45, 2.75) is 26.7 Å². The van der Waals surface area contributed by atoms with Crippen molar-refractivity contribution in [2.75, 3.05) is 13.2 Å². The minimum Gasteiger partial charge on any atom is -0.490 e. The minimum atomic E-state index is -0.492. The van der Waals surface area contributed by atoms with Crippen LogP contribution in [0.2, 0.25) is 5.02 Å². The summed E-state index contributed by atoms with van der Waals surface area (Å²) in [4.78, 5) is 17.0. The maximum atomic E-state index is 12.8. The number of thioether (sulfide) groups is 1. The van der Waals surface area contributed by atoms with Gasteiger partial charge in [0.1, 0.15) is 29.8 Å². The summed E-state index contributed by atoms with van der Waals surface area (Å²) >= 11 is 7.53. The average molecular weight is 596 g/mol. The van der Waals surface area contributed by atoms with E-state index in [1.165, 1.54) is 22.3 Å². The van der Waals surface area contributed by atoms with Crippen molar-refractivity contribution in [3.63, 3.8) is 0 Å². The number of nitrogens with zero attached hydrogens (tertiary/aromatic N) is 3. The molecule has 0 aromatic heterocycles. The van der Waals surface area contributed by atoms with Gasteiger partial charge in [0.15, 0.2) is 5.84 Å². The Morgan fingerprint density at radius 2 is 1.82 bits per heavy atom. The molecule has 0 fully saturated rings. The lowest BCUT2D eigenvalue weighted by Crippen LogP contribution is -2.35. The van der Waals surface area contributed by atoms with Crippen LogP contribution < -0.4 is 9.47 Å². The largest absolute Gasteiger partial charge is 0.490 e. The molecule has 1 N–H and O–H groups in total. The predicted molar refractivity (Wildman–Crippen MR) is 166 cm³/mol. The van der Waals surface area contributed by atoms with Crippen LogP contribution in [0.5, 0.6) is 11.5 Å². The number of fused-ring (bicyclic) bond motifs is 1. The van der Waals surface area contributed by atoms with Crippen molar-refractivity contribution in [3.05, 3.63) is 99.6 Å². The number of benzene rings is 3. The molecule has 0 radical (unpaired) electrons. The number of nitrogens with one attached hydrogen (secondary N) is 1. The second-order valence-electron chi connectivity index (χ2n) is 9.37. The van der Waals surface area contributed by atoms with Crippen LogP contribution in [-0.2, 0) is 4.79 Å². The third-order valence-corrected chi connectivity index (χ3v) is 7.40. The van der Waals surface area contributed by atoms with Crippen LogP contribution >= 0.6 is 35.8 Å². The highest BCUT2D eigenvalue weighted by Crippen LogP contribution is 2.33. The molecule has 0 atom stereocenters. The fourth-order valence-electron chi connectivity index (χ4n) is 4.15. The van der Waals surface area contributed by atoms with Gasteiger partial charge in [-0.2, -0.15) is 15.1 Å². The van der Waals surface area contributed by atoms with E-state index in [2.05, 4.69) is 36.1 Å². The number of hydrogen-bond acceptors (Lipinski definition) is 6. The number of amidine groups is 2. The first kappa shape index (κ1) is 29.4. The fraction of sp³-hybridized carbons (Fsp3) is 0.200. The first-order valence-electron chi connectivity index (χ1n) is 12.5. The highest BCUT2D eigenvalue weighted by Gasteiger charge is 2.36. The molecule has 2 aliphatic heterocycles. The minimum absolute atomic E-state index is 0. The Kier molecular flexibility index (Phi) is 9.35. The van der Waals surface area contributed by atoms with Gasteiger partial charge in [-0.15, -0.1) is 12.4 Å². The molecule has 2 heterocycles. The van der Waals surface area contributed by atoms with Crippen LogP contribution in [0.4, 0.5) is 0 Å². The summed E-state index contributed by atoms with van der Waals surface area (Å²) in [6.07, 6.45) is 1.63. The molecule has 0 unspecified atom stereocenters. The van der Waals surface area contributed by atoms with E-state index >= 15 is 0 Å². The van der Waals surface area contributed by atoms with Crippen molar-refractivity contribution in [3.8, 4) is 11.5 Å². The van der Waals surface area contributed by atoms with Crippen LogP contribution in [0.1, 0.15) is 42.0 Å². The molecule has 10 heteroatoms. The Morgan fingerprint density at radius 3 is 2.60 bits per heavy atom. The van der Waals surface area contributed by atoms with Gasteiger partial charge in [0.05, 0.1) is 10.6 Å². The molecule has 0 saturated carbocycles. The van der Waals surface area contributed by atoms with Gasteiger partial charge in [-0.25, -0.2) is 0 Å². The van der Waals surface area contributed by atoms with Gasteiger partial charge in [0.2, 0.25) is 5.17 Å². The Labute approximate surface area is 248 Å². The van der Waals surface area contributed by atoms with Crippen LogP contribution in [0, 0.1) is 12.3 Å². The van der Waals surface area contributed by atoms with Crippen molar-refractivity contribution in [2.24, 2.45) is 10.1 Å². The van der Waals surface area contributed by atoms with Crippen molar-refractivity contribution in [1.29, 1.82) is 5.41 Å². The van der Waals surface area contributed by atoms with Crippen molar-refractivity contribution >= 4 is 63.8 Å². The zero-order chi connectivity index (χ0) is 27.5. The summed E-state index contributed by atoms with van der Waals surface area (Å²) in [6, 6.07) is 20.9. The highest BCUT2D eigenvalue weighted by atomic mass is 35.5. The lowest BCUT2D eigenvalue weighted by Gasteiger charge is -2.20. The van der Waals surface area contributed by atoms with Gasteiger partial charge in [-0.3, -0.25) is 10.2 Å². The molecule has 40 heavy (non-hydrogen) atoms. The molecule has 0 spiro atoms. The number of amides is 1. The lowest BCUT2D eigenvalue weighted by atomic mass is 10.0. The van der Waals surface area contributed by atoms with Crippen LogP contribution in [0.25, 0.3) is 6.08 Å². The average Bonchev–Trinajstić information content (AvgIpc) is 3.33. The lowest BCUT2D eigenvalue weighted by molar-refractivity contribution is -0.114. The summed E-state index contributed by atoms with van der Waals surface area (Å²) in [5, 5.41) is 16.0. The van der Waals surface area contributed by atoms with Gasteiger partial charge >= 0.3 is 0 Å². The molecule has 1 amide bonds. The van der Waals surface area contributed by atoms with Crippen molar-refractivity contribution in [1.82, 2.24) is 5.01 Å². The number of rotatable bonds is 8. The van der Waals surface area contributed by atoms with Crippen LogP contribution in [-0.4, -0.2) is 40.2 Å². The number of hydrazone groups is 1. The maximum Gasteiger partial charge on any atom is 0.283 e. The third kappa shape index (κ3) is 6.41. The third-order valence-electron chi connectivity index (χ3n) is 6.13. The molecule has 3 aromatic rings. The SMILES string of the molecule is Cc1ccc(C(C)C)c(OCCOc2cccc(/C=C3/C(=N)N4N=C(c5ccccc5Cl)SC4=NC3=O)c2)c1.Cl. The number of carbonyl (C=O) groups excluding carboxylic acids is 1. The van der Waals surface area contributed by atoms with E-state index in [-0.39, 0.29) is 23.8 Å². The van der Waals surface area contributed by atoms with E-state index in [0.717, 1.165) is 16.9 Å². The van der Waals surface area contributed by atoms with E-state index in [0.29, 0.717) is 45.7 Å². The van der Waals surface area contributed by atoms with E-state index in [9.17, 15) is 4.79 Å². The van der Waals surface area contributed by atoms with E-state index < -0.39 is 5.91 Å². The van der Waals surface area contributed by atoms with E-state index in [1.54, 1.807) is 12.1 Å². The zero-order valence-electron chi connectivity index (χ0n) is 22.2. The van der Waals surface area contributed by atoms with E-state index in [4.69, 9.17) is 26.5 Å². The second kappa shape index (κ2) is 12.7. The summed E-state index contributed by atoms with van der Waals surface area (Å²) in [5.41, 5.74) is 3.89. The molecular weight excluding hydrogens is 567 g/mol. The van der Waals surface area contributed by atoms with Crippen molar-refractivity contribution < 1.29 is 14.3 Å². The monoisotopic (exact) mass is 594 g/mol. The van der Waals surface area contributed by atoms with Gasteiger partial charge in [0, 0.05) is 5.56 Å². The molecule has 3 aromatic carbocycles. The molecule has 2 aliphatic rings. The summed E-state index contributed by atoms with van der Waals surface area (Å²) in [7, 11) is 0. The maximum absolute atomic E-state index is 12.8. The topological polar surface area (TPSA) is 87.3 Å². The van der Waals surface area contributed by atoms with Gasteiger partial charge in [0.25, 0.3) is 5.91 Å². The number of aryl methyl sites for hydroxylation is 1. The predicted octanol–water partition coefficient (Wildman–Crippen LogP) is 7.32. The number of hydrogen-bond donors (Lipinski definition) is 1. The molecule has 0 saturated heterocycles. The van der Waals surface area contributed by atoms with Gasteiger partial charge in [-0.1, -0.05) is 67.9 Å². The molecule has 7 nitrogen and oxygen atoms in total. The number of carbonyl (C=O) groups is 1. The quantitative estimate of drug-likeness (QED) is 0.218. The summed E-state index contributed by atoms with van der Waals surface area (Å²) in [5.74, 6) is 1.34. The second-order valence-corrected chi connectivity index (χ2v) is 10.7. The molecular formula is C30H28Cl2N4O3S. The normalized spacial score (nSPS) is 15.5. The van der Waals surface area contributed by atoms with E-state index in [1.807, 2.05) is 55.5 Å². The zero-order valence-corrected chi connectivity index (χ0v) is 24.6. The molecule has 0 aliphatic carbocycles. The van der Waals surface area contributed by atoms with Gasteiger partial charge < -0.3 is 9.47 Å². The molecule has 5 rings (SSSR count). The Bertz CT molecular complexity index is 1550. The Hall–Kier alpha value is -3.59. The number of aliphatic imine (C=N–C) groups is 1. The number of ether oxygens (including phenoxy) is 2. The van der Waals surface area contributed by atoms with Crippen LogP contribution in [0.15, 0.2) is 82.4 Å². The number of halogens is 2. The first-order valence-corrected chi connectivity index (χ1v) is 13.7. The highest BCUT2D eigenvalue weighted by molar-refractivity contribution is 8.27. The Balaban J connectivity index is 0.00000370. The van der Waals surface area contributed by atoms with Crippen LogP contribution in [0.3, 0.4) is 0 Å². The Morgan fingerprint density at radius 1 is 1.05 bits per heavy atom. The van der Waals surface area contributed by atoms with Gasteiger partial charge in [-0.05, 0) is 71.6 Å². The fourth-order valence-corrected chi connectivity index (χ4v) is 5.36. The first-order chi connectivity index (χ1) is 18.8. The summed E-state index contributed by atoms with van der Waals surface area (Å²) in [6.45, 7) is 7.09. The molecule has 0 bridgehead atoms. The molecule has 206 valence electrons.